The Labute approximate surface area is 131 Å². The van der Waals surface area contributed by atoms with Gasteiger partial charge in [0.15, 0.2) is 0 Å². The molecule has 0 heterocycles. The molecule has 0 spiro atoms. The van der Waals surface area contributed by atoms with Gasteiger partial charge in [-0.15, -0.1) is 0 Å². The van der Waals surface area contributed by atoms with Crippen LogP contribution in [0.2, 0.25) is 18.1 Å². The molecule has 0 aliphatic heterocycles. The molecule has 0 amide bonds. The molecule has 0 saturated heterocycles. The van der Waals surface area contributed by atoms with E-state index < -0.39 is 26.5 Å². The van der Waals surface area contributed by atoms with Crippen LogP contribution >= 0.6 is 0 Å². The second-order valence-electron chi connectivity index (χ2n) is 5.58. The number of rotatable bonds is 13. The summed E-state index contributed by atoms with van der Waals surface area (Å²) in [6.45, 7) is 8.62. The normalized spacial score (nSPS) is 12.9. The molecule has 0 unspecified atom stereocenters. The van der Waals surface area contributed by atoms with E-state index in [2.05, 4.69) is 20.8 Å². The van der Waals surface area contributed by atoms with E-state index in [1.165, 1.54) is 0 Å². The van der Waals surface area contributed by atoms with Gasteiger partial charge in [0.1, 0.15) is 0 Å². The van der Waals surface area contributed by atoms with Gasteiger partial charge in [-0.05, 0) is 0 Å². The van der Waals surface area contributed by atoms with Crippen LogP contribution in [0.5, 0.6) is 0 Å². The maximum absolute atomic E-state index is 10.1. The standard InChI is InChI=1S/C12H27OSi.C2H5O.2H2O.Ti/c1-4-7-10-14(13,11-8-5-2)12-9-6-3;1-2-3;;;/h4-12H2,1-3H3;2H2,1H3;2*1H2;/q2*-1;;;+4/p-2. The van der Waals surface area contributed by atoms with Gasteiger partial charge >= 0.3 is 131 Å². The molecular weight excluding hydrogens is 308 g/mol. The molecule has 0 fully saturated rings. The Morgan fingerprint density at radius 3 is 1.50 bits per heavy atom. The van der Waals surface area contributed by atoms with E-state index in [4.69, 9.17) is 6.33 Å². The minimum absolute atomic E-state index is 0.312. The fourth-order valence-electron chi connectivity index (χ4n) is 2.52. The van der Waals surface area contributed by atoms with Crippen molar-refractivity contribution in [1.29, 1.82) is 0 Å². The van der Waals surface area contributed by atoms with E-state index >= 15 is 0 Å². The molecule has 0 aromatic carbocycles. The Hall–Kier alpha value is 0.771. The first kappa shape index (κ1) is 20.8. The fraction of sp³-hybridized carbons (Fsp3) is 1.00. The summed E-state index contributed by atoms with van der Waals surface area (Å²) in [4.78, 5) is 0. The summed E-state index contributed by atoms with van der Waals surface area (Å²) in [7, 11) is -2.07. The van der Waals surface area contributed by atoms with E-state index in [9.17, 15) is 7.38 Å². The minimum atomic E-state index is -4.46. The van der Waals surface area contributed by atoms with Crippen molar-refractivity contribution in [2.45, 2.75) is 84.4 Å². The Morgan fingerprint density at radius 1 is 0.800 bits per heavy atom. The van der Waals surface area contributed by atoms with Crippen LogP contribution in [0.1, 0.15) is 66.2 Å². The molecule has 0 aromatic rings. The van der Waals surface area contributed by atoms with E-state index in [-0.39, 0.29) is 0 Å². The summed E-state index contributed by atoms with van der Waals surface area (Å²) >= 11 is -4.46. The number of hydrogen-bond donors (Lipinski definition) is 2. The van der Waals surface area contributed by atoms with E-state index in [0.717, 1.165) is 56.7 Å². The van der Waals surface area contributed by atoms with Gasteiger partial charge in [-0.2, -0.15) is 0 Å². The van der Waals surface area contributed by atoms with Gasteiger partial charge < -0.3 is 0 Å². The van der Waals surface area contributed by atoms with Crippen molar-refractivity contribution in [3.05, 3.63) is 0 Å². The van der Waals surface area contributed by atoms with Crippen molar-refractivity contribution < 1.29 is 31.8 Å². The average molecular weight is 342 g/mol. The topological polar surface area (TPSA) is 58.9 Å². The molecule has 0 atom stereocenters. The SMILES string of the molecule is CCCC[Si](CCCC)(CCCC)[O][Ti]([OH])([OH])[O]CC. The van der Waals surface area contributed by atoms with Crippen LogP contribution in [0, 0.1) is 0 Å². The van der Waals surface area contributed by atoms with Gasteiger partial charge in [-0.3, -0.25) is 0 Å². The Bertz CT molecular complexity index is 217. The Morgan fingerprint density at radius 2 is 1.20 bits per heavy atom. The summed E-state index contributed by atoms with van der Waals surface area (Å²) in [6.07, 6.45) is 6.73. The maximum atomic E-state index is 10.1. The van der Waals surface area contributed by atoms with Crippen molar-refractivity contribution in [2.75, 3.05) is 6.61 Å². The molecule has 0 saturated carbocycles. The molecule has 20 heavy (non-hydrogen) atoms. The Kier molecular flexibility index (Phi) is 11.8. The van der Waals surface area contributed by atoms with Gasteiger partial charge in [0.05, 0.1) is 0 Å². The predicted octanol–water partition coefficient (Wildman–Crippen LogP) is 4.18. The van der Waals surface area contributed by atoms with Crippen LogP contribution in [-0.4, -0.2) is 22.3 Å². The van der Waals surface area contributed by atoms with Crippen LogP contribution in [0.3, 0.4) is 0 Å². The van der Waals surface area contributed by atoms with Gasteiger partial charge in [-0.1, -0.05) is 0 Å². The van der Waals surface area contributed by atoms with Gasteiger partial charge in [0.25, 0.3) is 0 Å². The van der Waals surface area contributed by atoms with Crippen LogP contribution < -0.4 is 0 Å². The second kappa shape index (κ2) is 11.4. The second-order valence-corrected chi connectivity index (χ2v) is 12.8. The number of hydrogen-bond acceptors (Lipinski definition) is 4. The average Bonchev–Trinajstić information content (AvgIpc) is 2.40. The third-order valence-electron chi connectivity index (χ3n) is 3.64. The zero-order chi connectivity index (χ0) is 15.5. The number of unbranched alkanes of at least 4 members (excludes halogenated alkanes) is 3. The first-order valence-corrected chi connectivity index (χ1v) is 13.4. The van der Waals surface area contributed by atoms with Gasteiger partial charge in [0, 0.05) is 0 Å². The van der Waals surface area contributed by atoms with Crippen LogP contribution in [0.4, 0.5) is 0 Å². The van der Waals surface area contributed by atoms with E-state index in [1.807, 2.05) is 0 Å². The van der Waals surface area contributed by atoms with Crippen molar-refractivity contribution >= 4 is 8.32 Å². The molecule has 0 bridgehead atoms. The van der Waals surface area contributed by atoms with Crippen molar-refractivity contribution in [2.24, 2.45) is 0 Å². The zero-order valence-corrected chi connectivity index (χ0v) is 16.3. The first-order chi connectivity index (χ1) is 9.45. The quantitative estimate of drug-likeness (QED) is 0.493. The molecule has 6 heteroatoms. The summed E-state index contributed by atoms with van der Waals surface area (Å²) in [6, 6.07) is 3.10. The molecule has 2 N–H and O–H groups in total. The molecule has 0 rings (SSSR count). The monoisotopic (exact) mass is 342 g/mol. The molecule has 0 aromatic heterocycles. The first-order valence-electron chi connectivity index (χ1n) is 8.24. The van der Waals surface area contributed by atoms with Crippen LogP contribution in [0.15, 0.2) is 0 Å². The van der Waals surface area contributed by atoms with Gasteiger partial charge in [0.2, 0.25) is 0 Å². The molecule has 0 aliphatic rings. The fourth-order valence-corrected chi connectivity index (χ4v) is 12.1. The van der Waals surface area contributed by atoms with Crippen molar-refractivity contribution in [3.8, 4) is 0 Å². The van der Waals surface area contributed by atoms with E-state index in [1.54, 1.807) is 6.92 Å². The molecular formula is C14H34O4SiTi. The van der Waals surface area contributed by atoms with Crippen molar-refractivity contribution in [3.63, 3.8) is 0 Å². The zero-order valence-electron chi connectivity index (χ0n) is 13.8. The molecule has 0 radical (unpaired) electrons. The molecule has 4 nitrogen and oxygen atoms in total. The summed E-state index contributed by atoms with van der Waals surface area (Å²) in [5.41, 5.74) is 0. The Balaban J connectivity index is 4.91. The summed E-state index contributed by atoms with van der Waals surface area (Å²) < 4.78 is 31.3. The summed E-state index contributed by atoms with van der Waals surface area (Å²) in [5.74, 6) is 0. The third kappa shape index (κ3) is 8.93. The predicted molar refractivity (Wildman–Crippen MR) is 82.0 cm³/mol. The van der Waals surface area contributed by atoms with Gasteiger partial charge in [-0.25, -0.2) is 0 Å². The molecule has 122 valence electrons. The summed E-state index contributed by atoms with van der Waals surface area (Å²) in [5, 5.41) is 0. The van der Waals surface area contributed by atoms with Crippen LogP contribution in [-0.2, 0) is 24.5 Å². The van der Waals surface area contributed by atoms with E-state index in [0.29, 0.717) is 6.61 Å². The van der Waals surface area contributed by atoms with Crippen molar-refractivity contribution in [1.82, 2.24) is 0 Å². The van der Waals surface area contributed by atoms with Crippen LogP contribution in [0.25, 0.3) is 0 Å². The third-order valence-corrected chi connectivity index (χ3v) is 12.4. The molecule has 0 aliphatic carbocycles.